The maximum Gasteiger partial charge on any atom is 0.243 e. The van der Waals surface area contributed by atoms with Crippen LogP contribution in [0.15, 0.2) is 95.9 Å². The minimum absolute atomic E-state index is 0.0777. The average Bonchev–Trinajstić information content (AvgIpc) is 3.82. The van der Waals surface area contributed by atoms with Crippen LogP contribution in [0.4, 0.5) is 23.0 Å². The molecule has 2 aromatic carbocycles. The van der Waals surface area contributed by atoms with Gasteiger partial charge < -0.3 is 64.3 Å². The number of para-hydroxylation sites is 1. The number of carbonyl (C=O) groups is 2. The Morgan fingerprint density at radius 3 is 2.22 bits per heavy atom. The number of carbonyl (C=O) groups excluding carboxylic acids is 2. The molecule has 434 valence electrons. The number of piperidine rings is 1. The maximum atomic E-state index is 14.4. The summed E-state index contributed by atoms with van der Waals surface area (Å²) in [6, 6.07) is 22.6. The molecule has 1 unspecified atom stereocenters. The number of hydrogen-bond donors (Lipinski definition) is 4. The van der Waals surface area contributed by atoms with Crippen molar-refractivity contribution in [2.75, 3.05) is 92.4 Å². The Bertz CT molecular complexity index is 3160. The molecule has 2 amide bonds. The number of imidazole rings is 1. The van der Waals surface area contributed by atoms with Crippen LogP contribution in [0.25, 0.3) is 16.9 Å². The normalized spacial score (nSPS) is 24.2. The first-order chi connectivity index (χ1) is 39.8. The number of nitrogens with two attached hydrogens (primary N) is 1. The summed E-state index contributed by atoms with van der Waals surface area (Å²) in [4.78, 5) is 50.8. The standard InChI is InChI=1S/C61H78N14O7/c1-38(2)58(61(79)74-37-46(76)30-53(74)60(78)65-39(3)41-9-11-42(12-10-41)73-22-19-63-40(73)4)55-34-56(68-82-55)71-27-25-70(26-28-71)24-23-69-20-16-47(17-21-69)80-48-31-49(32-48)81-57-29-43(15-18-64-57)75-44-13-14-45(75)36-72(35-44)52-33-51(66-67-59(52)62)50-7-5-6-8-54(50)77/h5-12,15,18-19,22,29,33-34,38-39,44-49,53,58,76-77H,13-14,16-17,20-21,23-28,30-32,35-37H2,1-4H3,(H2,62,67)(H,65,78)/t39-,44+,45?,46+,48?,49?,53-,58-/m0/s1. The molecule has 0 radical (unpaired) electrons. The number of aromatic hydroxyl groups is 1. The van der Waals surface area contributed by atoms with Crippen molar-refractivity contribution in [3.8, 4) is 28.6 Å². The lowest BCUT2D eigenvalue weighted by Crippen LogP contribution is -2.54. The number of β-amino-alcohol motifs (C(OH)–C–C–N with tert-alkyl or cyclic N) is 1. The number of aryl methyl sites for hydroxylation is 1. The van der Waals surface area contributed by atoms with E-state index < -0.39 is 18.1 Å². The first-order valence-corrected chi connectivity index (χ1v) is 29.6. The Kier molecular flexibility index (Phi) is 16.1. The molecular weight excluding hydrogens is 1040 g/mol. The summed E-state index contributed by atoms with van der Waals surface area (Å²) in [6.45, 7) is 17.0. The van der Waals surface area contributed by atoms with Gasteiger partial charge in [0.1, 0.15) is 29.6 Å². The minimum Gasteiger partial charge on any atom is -0.507 e. The number of hydrogen-bond acceptors (Lipinski definition) is 18. The molecule has 21 nitrogen and oxygen atoms in total. The lowest BCUT2D eigenvalue weighted by molar-refractivity contribution is -0.141. The average molecular weight is 1120 g/mol. The van der Waals surface area contributed by atoms with Crippen molar-refractivity contribution >= 4 is 34.8 Å². The number of benzene rings is 2. The SMILES string of the molecule is Cc1nccn1-c1ccc([C@H](C)NC(=O)[C@@H]2C[C@@H](O)CN2C(=O)[C@H](c2cc(N3CCN(CCN4CCC(OC5CC(Oc6cc(N7C8CC[C@@H]7CN(c7cc(-c9ccccc9O)nnc7N)C8)ccn6)C5)CC4)CC3)no2)C(C)C)cc1. The molecule has 2 bridgehead atoms. The molecule has 5 aliphatic heterocycles. The van der Waals surface area contributed by atoms with Crippen molar-refractivity contribution in [3.05, 3.63) is 109 Å². The number of nitrogens with one attached hydrogen (secondary N) is 1. The van der Waals surface area contributed by atoms with Gasteiger partial charge in [0.2, 0.25) is 17.7 Å². The number of rotatable bonds is 18. The molecule has 6 aliphatic rings. The van der Waals surface area contributed by atoms with Gasteiger partial charge >= 0.3 is 0 Å². The Labute approximate surface area is 479 Å². The molecule has 21 heteroatoms. The van der Waals surface area contributed by atoms with E-state index in [1.807, 2.05) is 93.2 Å². The van der Waals surface area contributed by atoms with Crippen molar-refractivity contribution in [2.24, 2.45) is 5.92 Å². The van der Waals surface area contributed by atoms with Gasteiger partial charge in [0, 0.05) is 151 Å². The molecule has 5 saturated heterocycles. The second-order valence-corrected chi connectivity index (χ2v) is 23.8. The molecule has 1 aliphatic carbocycles. The summed E-state index contributed by atoms with van der Waals surface area (Å²) >= 11 is 0. The second-order valence-electron chi connectivity index (χ2n) is 23.8. The van der Waals surface area contributed by atoms with Crippen LogP contribution in [0, 0.1) is 12.8 Å². The van der Waals surface area contributed by atoms with E-state index in [0.717, 1.165) is 132 Å². The molecule has 82 heavy (non-hydrogen) atoms. The highest BCUT2D eigenvalue weighted by Crippen LogP contribution is 2.41. The monoisotopic (exact) mass is 1120 g/mol. The van der Waals surface area contributed by atoms with Gasteiger partial charge in [-0.1, -0.05) is 43.3 Å². The molecule has 9 heterocycles. The van der Waals surface area contributed by atoms with E-state index in [0.29, 0.717) is 46.6 Å². The number of nitrogen functional groups attached to an aromatic ring is 1. The number of phenolic OH excluding ortho intramolecular Hbond substituents is 1. The smallest absolute Gasteiger partial charge is 0.243 e. The quantitative estimate of drug-likeness (QED) is 0.0778. The number of aliphatic hydroxyl groups is 1. The van der Waals surface area contributed by atoms with Gasteiger partial charge in [-0.2, -0.15) is 0 Å². The highest BCUT2D eigenvalue weighted by Gasteiger charge is 2.45. The number of pyridine rings is 1. The summed E-state index contributed by atoms with van der Waals surface area (Å²) in [5.74, 6) is 1.95. The number of amides is 2. The zero-order valence-electron chi connectivity index (χ0n) is 47.5. The minimum atomic E-state index is -0.809. The third-order valence-corrected chi connectivity index (χ3v) is 18.0. The lowest BCUT2D eigenvalue weighted by Gasteiger charge is -2.43. The first kappa shape index (κ1) is 55.2. The van der Waals surface area contributed by atoms with Gasteiger partial charge in [-0.05, 0) is 87.4 Å². The van der Waals surface area contributed by atoms with E-state index in [-0.39, 0.29) is 60.8 Å². The van der Waals surface area contributed by atoms with Crippen LogP contribution in [0.2, 0.25) is 0 Å². The number of piperazine rings is 2. The molecule has 6 atom stereocenters. The van der Waals surface area contributed by atoms with Gasteiger partial charge in [-0.3, -0.25) is 14.5 Å². The van der Waals surface area contributed by atoms with Crippen molar-refractivity contribution in [1.29, 1.82) is 0 Å². The highest BCUT2D eigenvalue weighted by atomic mass is 16.5. The van der Waals surface area contributed by atoms with Gasteiger partial charge in [-0.15, -0.1) is 10.2 Å². The van der Waals surface area contributed by atoms with Crippen LogP contribution < -0.4 is 30.5 Å². The van der Waals surface area contributed by atoms with Crippen LogP contribution in [0.5, 0.6) is 11.6 Å². The van der Waals surface area contributed by atoms with Crippen LogP contribution in [0.3, 0.4) is 0 Å². The summed E-state index contributed by atoms with van der Waals surface area (Å²) in [6.07, 6.45) is 11.4. The predicted molar refractivity (Wildman–Crippen MR) is 311 cm³/mol. The van der Waals surface area contributed by atoms with Gasteiger partial charge in [0.25, 0.3) is 0 Å². The third kappa shape index (κ3) is 11.8. The lowest BCUT2D eigenvalue weighted by atomic mass is 9.91. The molecule has 5 N–H and O–H groups in total. The maximum absolute atomic E-state index is 14.4. The van der Waals surface area contributed by atoms with E-state index in [2.05, 4.69) is 67.3 Å². The van der Waals surface area contributed by atoms with E-state index in [1.54, 1.807) is 18.3 Å². The predicted octanol–water partition coefficient (Wildman–Crippen LogP) is 5.96. The van der Waals surface area contributed by atoms with Crippen LogP contribution >= 0.6 is 0 Å². The van der Waals surface area contributed by atoms with Gasteiger partial charge in [0.05, 0.1) is 35.7 Å². The topological polar surface area (TPSA) is 233 Å². The Morgan fingerprint density at radius 2 is 1.51 bits per heavy atom. The van der Waals surface area contributed by atoms with E-state index in [4.69, 9.17) is 19.7 Å². The fraction of sp³-hybridized carbons (Fsp3) is 0.525. The molecular formula is C61H78N14O7. The highest BCUT2D eigenvalue weighted by molar-refractivity contribution is 5.91. The van der Waals surface area contributed by atoms with E-state index in [1.165, 1.54) is 4.90 Å². The van der Waals surface area contributed by atoms with Crippen molar-refractivity contribution in [2.45, 2.75) is 127 Å². The fourth-order valence-electron chi connectivity index (χ4n) is 13.3. The number of fused-ring (bicyclic) bond motifs is 2. The van der Waals surface area contributed by atoms with Gasteiger partial charge in [-0.25, -0.2) is 9.97 Å². The Balaban J connectivity index is 0.553. The molecule has 6 fully saturated rings. The number of nitrogens with zero attached hydrogens (tertiary/aromatic N) is 12. The third-order valence-electron chi connectivity index (χ3n) is 18.0. The summed E-state index contributed by atoms with van der Waals surface area (Å²) in [7, 11) is 0. The fourth-order valence-corrected chi connectivity index (χ4v) is 13.3. The van der Waals surface area contributed by atoms with E-state index in [9.17, 15) is 19.8 Å². The Hall–Kier alpha value is -7.33. The summed E-state index contributed by atoms with van der Waals surface area (Å²) in [5, 5.41) is 37.4. The first-order valence-electron chi connectivity index (χ1n) is 29.6. The van der Waals surface area contributed by atoms with Gasteiger partial charge in [0.15, 0.2) is 17.4 Å². The molecule has 1 saturated carbocycles. The van der Waals surface area contributed by atoms with Crippen molar-refractivity contribution in [1.82, 2.24) is 49.9 Å². The zero-order valence-corrected chi connectivity index (χ0v) is 47.5. The number of aliphatic hydroxyl groups excluding tert-OH is 1. The number of phenols is 1. The molecule has 12 rings (SSSR count). The van der Waals surface area contributed by atoms with Crippen molar-refractivity contribution < 1.29 is 33.8 Å². The van der Waals surface area contributed by atoms with Crippen LogP contribution in [-0.4, -0.2) is 181 Å². The largest absolute Gasteiger partial charge is 0.507 e. The van der Waals surface area contributed by atoms with Crippen LogP contribution in [-0.2, 0) is 14.3 Å². The van der Waals surface area contributed by atoms with Crippen molar-refractivity contribution in [3.63, 3.8) is 0 Å². The second kappa shape index (κ2) is 23.9. The Morgan fingerprint density at radius 1 is 0.780 bits per heavy atom. The number of likely N-dealkylation sites (tertiary alicyclic amines) is 2. The summed E-state index contributed by atoms with van der Waals surface area (Å²) in [5.41, 5.74) is 11.5. The number of aromatic nitrogens is 6. The number of anilines is 4. The molecule has 0 spiro atoms. The molecule has 4 aromatic heterocycles. The zero-order chi connectivity index (χ0) is 56.6. The van der Waals surface area contributed by atoms with E-state index >= 15 is 0 Å². The number of ether oxygens (including phenoxy) is 2. The summed E-state index contributed by atoms with van der Waals surface area (Å²) < 4.78 is 21.0. The van der Waals surface area contributed by atoms with Crippen LogP contribution in [0.1, 0.15) is 94.8 Å². The molecule has 6 aromatic rings.